The summed E-state index contributed by atoms with van der Waals surface area (Å²) in [5.74, 6) is 0.255. The van der Waals surface area contributed by atoms with Crippen LogP contribution in [0.4, 0.5) is 0 Å². The van der Waals surface area contributed by atoms with Crippen molar-refractivity contribution in [1.29, 1.82) is 5.26 Å². The molecule has 0 spiro atoms. The molecule has 9 heteroatoms. The predicted molar refractivity (Wildman–Crippen MR) is 148 cm³/mol. The summed E-state index contributed by atoms with van der Waals surface area (Å²) in [5, 5.41) is 21.1. The molecule has 2 saturated carbocycles. The van der Waals surface area contributed by atoms with Gasteiger partial charge in [0.05, 0.1) is 22.6 Å². The normalized spacial score (nSPS) is 15.9. The average Bonchev–Trinajstić information content (AvgIpc) is 3.87. The van der Waals surface area contributed by atoms with Gasteiger partial charge in [0.1, 0.15) is 5.82 Å². The number of hydrogen-bond acceptors (Lipinski definition) is 7. The molecular formula is C31H28N4O4S. The van der Waals surface area contributed by atoms with E-state index < -0.39 is 32.2 Å². The van der Waals surface area contributed by atoms with Gasteiger partial charge in [0.25, 0.3) is 5.56 Å². The first kappa shape index (κ1) is 26.0. The lowest BCUT2D eigenvalue weighted by Crippen LogP contribution is -2.28. The minimum atomic E-state index is -4.41. The van der Waals surface area contributed by atoms with Crippen molar-refractivity contribution in [3.05, 3.63) is 99.9 Å². The number of nitriles is 1. The summed E-state index contributed by atoms with van der Waals surface area (Å²) in [7, 11) is -4.41. The fourth-order valence-electron chi connectivity index (χ4n) is 5.37. The smallest absolute Gasteiger partial charge is 0.296 e. The van der Waals surface area contributed by atoms with Gasteiger partial charge in [-0.15, -0.1) is 0 Å². The molecule has 2 heterocycles. The molecular weight excluding hydrogens is 524 g/mol. The second-order valence-electron chi connectivity index (χ2n) is 10.7. The first-order chi connectivity index (χ1) is 19.3. The molecule has 1 N–H and O–H groups in total. The minimum absolute atomic E-state index is 0.104. The van der Waals surface area contributed by atoms with Crippen molar-refractivity contribution in [2.45, 2.75) is 54.9 Å². The molecule has 0 saturated heterocycles. The first-order valence-electron chi connectivity index (χ1n) is 13.4. The van der Waals surface area contributed by atoms with Crippen molar-refractivity contribution < 1.29 is 13.5 Å². The van der Waals surface area contributed by atoms with Gasteiger partial charge in [0, 0.05) is 18.8 Å². The summed E-state index contributed by atoms with van der Waals surface area (Å²) < 4.78 is 29.3. The highest BCUT2D eigenvalue weighted by atomic mass is 32.2. The molecule has 6 rings (SSSR count). The van der Waals surface area contributed by atoms with Gasteiger partial charge >= 0.3 is 0 Å². The Bertz CT molecular complexity index is 1820. The first-order valence-corrected chi connectivity index (χ1v) is 14.9. The molecule has 0 aliphatic heterocycles. The zero-order valence-corrected chi connectivity index (χ0v) is 22.8. The lowest BCUT2D eigenvalue weighted by atomic mass is 9.99. The van der Waals surface area contributed by atoms with Crippen LogP contribution in [-0.4, -0.2) is 28.1 Å². The molecule has 0 bridgehead atoms. The summed E-state index contributed by atoms with van der Waals surface area (Å²) in [6, 6.07) is 16.9. The SMILES string of the molecule is Cc1cnccc1-c1ccc(S(=O)(=O)c2c(O)n(C(c3cccc(C#N)c3)C3CC3)c(CC3CC3)nc2=O)cc1. The largest absolute Gasteiger partial charge is 0.493 e. The number of sulfone groups is 1. The summed E-state index contributed by atoms with van der Waals surface area (Å²) in [6.07, 6.45) is 7.64. The molecule has 40 heavy (non-hydrogen) atoms. The number of benzene rings is 2. The Balaban J connectivity index is 1.49. The zero-order chi connectivity index (χ0) is 28.0. The maximum atomic E-state index is 13.9. The number of hydrogen-bond donors (Lipinski definition) is 1. The molecule has 0 amide bonds. The summed E-state index contributed by atoms with van der Waals surface area (Å²) in [4.78, 5) is 20.9. The van der Waals surface area contributed by atoms with E-state index in [0.29, 0.717) is 23.7 Å². The molecule has 202 valence electrons. The van der Waals surface area contributed by atoms with E-state index in [1.807, 2.05) is 19.1 Å². The predicted octanol–water partition coefficient (Wildman–Crippen LogP) is 4.98. The van der Waals surface area contributed by atoms with E-state index in [-0.39, 0.29) is 10.8 Å². The highest BCUT2D eigenvalue weighted by molar-refractivity contribution is 7.91. The van der Waals surface area contributed by atoms with Crippen LogP contribution >= 0.6 is 0 Å². The van der Waals surface area contributed by atoms with Crippen LogP contribution in [0.25, 0.3) is 11.1 Å². The molecule has 1 unspecified atom stereocenters. The Labute approximate surface area is 232 Å². The molecule has 0 radical (unpaired) electrons. The number of aromatic nitrogens is 3. The Morgan fingerprint density at radius 2 is 1.85 bits per heavy atom. The quantitative estimate of drug-likeness (QED) is 0.327. The van der Waals surface area contributed by atoms with Gasteiger partial charge in [-0.2, -0.15) is 10.2 Å². The highest BCUT2D eigenvalue weighted by Gasteiger charge is 2.40. The van der Waals surface area contributed by atoms with Crippen molar-refractivity contribution in [3.63, 3.8) is 0 Å². The monoisotopic (exact) mass is 552 g/mol. The van der Waals surface area contributed by atoms with E-state index in [1.54, 1.807) is 47.3 Å². The van der Waals surface area contributed by atoms with Gasteiger partial charge in [-0.3, -0.25) is 14.3 Å². The number of nitrogens with zero attached hydrogens (tertiary/aromatic N) is 4. The van der Waals surface area contributed by atoms with E-state index in [1.165, 1.54) is 12.1 Å². The van der Waals surface area contributed by atoms with Crippen molar-refractivity contribution >= 4 is 9.84 Å². The second-order valence-corrected chi connectivity index (χ2v) is 12.6. The lowest BCUT2D eigenvalue weighted by Gasteiger charge is -2.26. The molecule has 4 aromatic rings. The maximum absolute atomic E-state index is 13.9. The van der Waals surface area contributed by atoms with Crippen LogP contribution in [0, 0.1) is 30.1 Å². The van der Waals surface area contributed by atoms with Gasteiger partial charge in [0.15, 0.2) is 4.90 Å². The average molecular weight is 553 g/mol. The molecule has 2 aliphatic rings. The third kappa shape index (κ3) is 4.80. The summed E-state index contributed by atoms with van der Waals surface area (Å²) in [6.45, 7) is 1.92. The van der Waals surface area contributed by atoms with Crippen LogP contribution < -0.4 is 5.56 Å². The lowest BCUT2D eigenvalue weighted by molar-refractivity contribution is 0.347. The summed E-state index contributed by atoms with van der Waals surface area (Å²) >= 11 is 0. The van der Waals surface area contributed by atoms with Crippen LogP contribution in [0.5, 0.6) is 5.88 Å². The van der Waals surface area contributed by atoms with E-state index in [4.69, 9.17) is 0 Å². The summed E-state index contributed by atoms with van der Waals surface area (Å²) in [5.41, 5.74) is 2.96. The van der Waals surface area contributed by atoms with Crippen molar-refractivity contribution in [1.82, 2.24) is 14.5 Å². The topological polar surface area (TPSA) is 126 Å². The van der Waals surface area contributed by atoms with Gasteiger partial charge < -0.3 is 5.11 Å². The van der Waals surface area contributed by atoms with Crippen molar-refractivity contribution in [2.75, 3.05) is 0 Å². The highest BCUT2D eigenvalue weighted by Crippen LogP contribution is 2.47. The Morgan fingerprint density at radius 1 is 1.10 bits per heavy atom. The fraction of sp³-hybridized carbons (Fsp3) is 0.290. The Hall–Kier alpha value is -4.29. The Morgan fingerprint density at radius 3 is 2.50 bits per heavy atom. The number of aryl methyl sites for hydroxylation is 1. The molecule has 1 atom stereocenters. The molecule has 2 aromatic heterocycles. The second kappa shape index (κ2) is 10.0. The van der Waals surface area contributed by atoms with Crippen molar-refractivity contribution in [3.8, 4) is 23.1 Å². The van der Waals surface area contributed by atoms with Crippen LogP contribution in [0.3, 0.4) is 0 Å². The van der Waals surface area contributed by atoms with E-state index in [2.05, 4.69) is 16.0 Å². The number of rotatable bonds is 8. The third-order valence-corrected chi connectivity index (χ3v) is 9.56. The van der Waals surface area contributed by atoms with Crippen LogP contribution in [0.2, 0.25) is 0 Å². The van der Waals surface area contributed by atoms with Crippen LogP contribution in [0.1, 0.15) is 54.2 Å². The van der Waals surface area contributed by atoms with Gasteiger partial charge in [-0.05, 0) is 97.0 Å². The minimum Gasteiger partial charge on any atom is -0.493 e. The third-order valence-electron chi connectivity index (χ3n) is 7.77. The maximum Gasteiger partial charge on any atom is 0.296 e. The standard InChI is InChI=1S/C31H28N4O4S/c1-19-18-33-14-13-26(19)22-9-11-25(12-10-22)40(38,39)29-30(36)34-27(16-20-5-6-20)35(31(29)37)28(23-7-8-23)24-4-2-3-21(15-24)17-32/h2-4,9-15,18,20,23,28,37H,5-8,16H2,1H3. The molecule has 2 fully saturated rings. The molecule has 2 aliphatic carbocycles. The van der Waals surface area contributed by atoms with Gasteiger partial charge in [-0.1, -0.05) is 24.3 Å². The van der Waals surface area contributed by atoms with Gasteiger partial charge in [0.2, 0.25) is 15.7 Å². The van der Waals surface area contributed by atoms with E-state index in [9.17, 15) is 23.6 Å². The van der Waals surface area contributed by atoms with Crippen molar-refractivity contribution in [2.24, 2.45) is 11.8 Å². The molecule has 2 aromatic carbocycles. The number of aromatic hydroxyl groups is 1. The fourth-order valence-corrected chi connectivity index (χ4v) is 6.71. The zero-order valence-electron chi connectivity index (χ0n) is 22.0. The molecule has 8 nitrogen and oxygen atoms in total. The Kier molecular flexibility index (Phi) is 6.51. The van der Waals surface area contributed by atoms with Crippen LogP contribution in [0.15, 0.2) is 81.6 Å². The number of pyridine rings is 1. The van der Waals surface area contributed by atoms with E-state index >= 15 is 0 Å². The van der Waals surface area contributed by atoms with Gasteiger partial charge in [-0.25, -0.2) is 8.42 Å². The van der Waals surface area contributed by atoms with Crippen LogP contribution in [-0.2, 0) is 16.3 Å². The van der Waals surface area contributed by atoms with E-state index in [0.717, 1.165) is 47.9 Å².